The number of aromatic nitrogens is 2. The highest BCUT2D eigenvalue weighted by atomic mass is 19.1. The Hall–Kier alpha value is -2.30. The average Bonchev–Trinajstić information content (AvgIpc) is 2.74. The van der Waals surface area contributed by atoms with E-state index in [0.29, 0.717) is 10.6 Å². The number of aliphatic hydroxyl groups is 2. The molecule has 1 saturated heterocycles. The Bertz CT molecular complexity index is 710. The summed E-state index contributed by atoms with van der Waals surface area (Å²) in [6, 6.07) is 0. The minimum Gasteiger partial charge on any atom is -0.478 e. The molecule has 2 heterocycles. The summed E-state index contributed by atoms with van der Waals surface area (Å²) < 4.78 is 19.7. The predicted molar refractivity (Wildman–Crippen MR) is 69.9 cm³/mol. The molecule has 1 aliphatic rings. The topological polar surface area (TPSA) is 142 Å². The maximum Gasteiger partial charge on any atom is 0.330 e. The Labute approximate surface area is 121 Å². The highest BCUT2D eigenvalue weighted by Crippen LogP contribution is 2.30. The lowest BCUT2D eigenvalue weighted by Crippen LogP contribution is -2.36. The van der Waals surface area contributed by atoms with E-state index >= 15 is 0 Å². The van der Waals surface area contributed by atoms with Crippen LogP contribution in [0.5, 0.6) is 0 Å². The molecule has 120 valence electrons. The van der Waals surface area contributed by atoms with Crippen LogP contribution >= 0.6 is 0 Å². The van der Waals surface area contributed by atoms with Crippen molar-refractivity contribution in [2.45, 2.75) is 24.6 Å². The zero-order valence-corrected chi connectivity index (χ0v) is 11.0. The van der Waals surface area contributed by atoms with Gasteiger partial charge in [-0.15, -0.1) is 0 Å². The number of carbonyl (C=O) groups is 1. The van der Waals surface area contributed by atoms with Crippen LogP contribution in [0, 0.1) is 0 Å². The fraction of sp³-hybridized carbons (Fsp3) is 0.417. The fourth-order valence-electron chi connectivity index (χ4n) is 2.05. The summed E-state index contributed by atoms with van der Waals surface area (Å²) in [5.41, 5.74) is -2.05. The van der Waals surface area contributed by atoms with Crippen molar-refractivity contribution in [1.29, 1.82) is 0 Å². The van der Waals surface area contributed by atoms with Gasteiger partial charge in [0.25, 0.3) is 5.56 Å². The van der Waals surface area contributed by atoms with Crippen molar-refractivity contribution in [1.82, 2.24) is 9.55 Å². The minimum absolute atomic E-state index is 0.209. The van der Waals surface area contributed by atoms with Gasteiger partial charge >= 0.3 is 11.7 Å². The summed E-state index contributed by atoms with van der Waals surface area (Å²) in [7, 11) is 0. The average molecular weight is 316 g/mol. The first-order chi connectivity index (χ1) is 10.3. The molecule has 0 aliphatic carbocycles. The number of halogens is 1. The smallest absolute Gasteiger partial charge is 0.330 e. The quantitative estimate of drug-likeness (QED) is 0.481. The summed E-state index contributed by atoms with van der Waals surface area (Å²) >= 11 is 0. The van der Waals surface area contributed by atoms with Crippen molar-refractivity contribution < 1.29 is 29.2 Å². The summed E-state index contributed by atoms with van der Waals surface area (Å²) in [5, 5.41) is 27.0. The van der Waals surface area contributed by atoms with E-state index in [-0.39, 0.29) is 5.56 Å². The van der Waals surface area contributed by atoms with Gasteiger partial charge in [0.05, 0.1) is 12.2 Å². The number of aliphatic carboxylic acids is 1. The van der Waals surface area contributed by atoms with E-state index in [9.17, 15) is 23.9 Å². The molecule has 4 N–H and O–H groups in total. The van der Waals surface area contributed by atoms with Crippen molar-refractivity contribution in [3.05, 3.63) is 38.7 Å². The van der Waals surface area contributed by atoms with Crippen molar-refractivity contribution in [2.75, 3.05) is 6.61 Å². The molecule has 1 unspecified atom stereocenters. The zero-order chi connectivity index (χ0) is 16.4. The van der Waals surface area contributed by atoms with Crippen LogP contribution in [-0.2, 0) is 9.53 Å². The van der Waals surface area contributed by atoms with E-state index in [1.807, 2.05) is 4.98 Å². The minimum atomic E-state index is -2.00. The first-order valence-electron chi connectivity index (χ1n) is 6.20. The van der Waals surface area contributed by atoms with Crippen molar-refractivity contribution in [2.24, 2.45) is 0 Å². The van der Waals surface area contributed by atoms with Crippen molar-refractivity contribution in [3.8, 4) is 0 Å². The normalized spacial score (nSPS) is 28.3. The number of hydrogen-bond donors (Lipinski definition) is 4. The molecule has 1 aliphatic heterocycles. The number of hydrogen-bond acceptors (Lipinski definition) is 6. The molecule has 0 spiro atoms. The van der Waals surface area contributed by atoms with Gasteiger partial charge in [-0.05, 0) is 6.08 Å². The molecule has 0 amide bonds. The van der Waals surface area contributed by atoms with Gasteiger partial charge in [0.2, 0.25) is 0 Å². The first-order valence-corrected chi connectivity index (χ1v) is 6.20. The number of aliphatic hydroxyl groups excluding tert-OH is 2. The first kappa shape index (κ1) is 16.1. The van der Waals surface area contributed by atoms with Gasteiger partial charge in [-0.3, -0.25) is 14.3 Å². The maximum atomic E-state index is 14.0. The van der Waals surface area contributed by atoms with E-state index < -0.39 is 48.4 Å². The molecule has 1 fully saturated rings. The van der Waals surface area contributed by atoms with E-state index in [2.05, 4.69) is 0 Å². The van der Waals surface area contributed by atoms with Gasteiger partial charge in [-0.25, -0.2) is 14.0 Å². The second-order valence-electron chi connectivity index (χ2n) is 4.61. The number of aromatic amines is 1. The number of nitrogens with zero attached hydrogens (tertiary/aromatic N) is 1. The number of carboxylic acids is 1. The van der Waals surface area contributed by atoms with Crippen LogP contribution in [0.15, 0.2) is 21.9 Å². The van der Waals surface area contributed by atoms with E-state index in [1.54, 1.807) is 0 Å². The maximum absolute atomic E-state index is 14.0. The monoisotopic (exact) mass is 316 g/mol. The fourth-order valence-corrected chi connectivity index (χ4v) is 2.05. The molecular weight excluding hydrogens is 303 g/mol. The lowest BCUT2D eigenvalue weighted by atomic mass is 10.1. The standard InChI is InChI=1S/C12H13FN2O7/c13-8-9(19)6(4-16)22-11(8)15-3-5(1-2-7(17)18)10(20)14-12(15)21/h1-3,6,8-9,11,16,19H,4H2,(H,17,18)(H,14,20,21)/b2-1+/t6-,8?,9-,11-/m1/s1. The number of rotatable bonds is 4. The molecule has 4 atom stereocenters. The van der Waals surface area contributed by atoms with Gasteiger partial charge in [-0.2, -0.15) is 0 Å². The highest BCUT2D eigenvalue weighted by molar-refractivity contribution is 5.85. The third-order valence-electron chi connectivity index (χ3n) is 3.15. The van der Waals surface area contributed by atoms with Gasteiger partial charge in [-0.1, -0.05) is 0 Å². The number of alkyl halides is 1. The van der Waals surface area contributed by atoms with Crippen LogP contribution in [0.2, 0.25) is 0 Å². The van der Waals surface area contributed by atoms with Gasteiger partial charge in [0.1, 0.15) is 12.2 Å². The van der Waals surface area contributed by atoms with Crippen LogP contribution < -0.4 is 11.2 Å². The van der Waals surface area contributed by atoms with E-state index in [4.69, 9.17) is 14.9 Å². The molecular formula is C12H13FN2O7. The molecule has 10 heteroatoms. The Balaban J connectivity index is 2.44. The van der Waals surface area contributed by atoms with Crippen molar-refractivity contribution in [3.63, 3.8) is 0 Å². The predicted octanol–water partition coefficient (Wildman–Crippen LogP) is -1.78. The third kappa shape index (κ3) is 2.98. The van der Waals surface area contributed by atoms with Crippen LogP contribution in [-0.4, -0.2) is 55.8 Å². The zero-order valence-electron chi connectivity index (χ0n) is 11.0. The Morgan fingerprint density at radius 3 is 2.73 bits per heavy atom. The number of nitrogens with one attached hydrogen (secondary N) is 1. The lowest BCUT2D eigenvalue weighted by molar-refractivity contribution is -0.131. The molecule has 9 nitrogen and oxygen atoms in total. The highest BCUT2D eigenvalue weighted by Gasteiger charge is 2.45. The Morgan fingerprint density at radius 2 is 2.18 bits per heavy atom. The van der Waals surface area contributed by atoms with Gasteiger partial charge in [0.15, 0.2) is 12.4 Å². The third-order valence-corrected chi connectivity index (χ3v) is 3.15. The molecule has 22 heavy (non-hydrogen) atoms. The summed E-state index contributed by atoms with van der Waals surface area (Å²) in [6.45, 7) is -0.651. The molecule has 1 aromatic heterocycles. The second-order valence-corrected chi connectivity index (χ2v) is 4.61. The van der Waals surface area contributed by atoms with Crippen LogP contribution in [0.3, 0.4) is 0 Å². The summed E-state index contributed by atoms with van der Waals surface area (Å²) in [4.78, 5) is 35.6. The van der Waals surface area contributed by atoms with E-state index in [1.165, 1.54) is 0 Å². The van der Waals surface area contributed by atoms with Crippen LogP contribution in [0.25, 0.3) is 6.08 Å². The molecule has 0 radical (unpaired) electrons. The van der Waals surface area contributed by atoms with Gasteiger partial charge < -0.3 is 20.1 Å². The summed E-state index contributed by atoms with van der Waals surface area (Å²) in [6.07, 6.45) is -3.87. The summed E-state index contributed by atoms with van der Waals surface area (Å²) in [5.74, 6) is -1.31. The van der Waals surface area contributed by atoms with E-state index in [0.717, 1.165) is 12.3 Å². The molecule has 0 aromatic carbocycles. The lowest BCUT2D eigenvalue weighted by Gasteiger charge is -2.16. The Morgan fingerprint density at radius 1 is 1.50 bits per heavy atom. The van der Waals surface area contributed by atoms with Crippen molar-refractivity contribution >= 4 is 12.0 Å². The second kappa shape index (κ2) is 6.22. The molecule has 0 bridgehead atoms. The van der Waals surface area contributed by atoms with Crippen LogP contribution in [0.4, 0.5) is 4.39 Å². The molecule has 2 rings (SSSR count). The molecule has 1 aromatic rings. The number of ether oxygens (including phenoxy) is 1. The molecule has 0 saturated carbocycles. The van der Waals surface area contributed by atoms with Crippen LogP contribution in [0.1, 0.15) is 11.8 Å². The SMILES string of the molecule is O=C(O)/C=C/c1cn([C@@H]2O[C@H](CO)[C@@H](O)C2F)c(=O)[nH]c1=O. The van der Waals surface area contributed by atoms with Gasteiger partial charge in [0, 0.05) is 12.3 Å². The number of H-pyrrole nitrogens is 1. The largest absolute Gasteiger partial charge is 0.478 e. The number of carboxylic acid groups (broad SMARTS) is 1. The Kier molecular flexibility index (Phi) is 4.54.